The van der Waals surface area contributed by atoms with Crippen LogP contribution in [0.1, 0.15) is 72.9 Å². The van der Waals surface area contributed by atoms with E-state index in [9.17, 15) is 9.59 Å². The van der Waals surface area contributed by atoms with Crippen molar-refractivity contribution in [3.05, 3.63) is 34.0 Å². The molecule has 1 unspecified atom stereocenters. The van der Waals surface area contributed by atoms with E-state index in [1.54, 1.807) is 55.6 Å². The molecule has 3 rings (SSSR count). The van der Waals surface area contributed by atoms with Gasteiger partial charge in [-0.2, -0.15) is 9.61 Å². The lowest BCUT2D eigenvalue weighted by Gasteiger charge is -2.34. The van der Waals surface area contributed by atoms with Crippen molar-refractivity contribution in [2.75, 3.05) is 18.0 Å². The second-order valence-electron chi connectivity index (χ2n) is 10.7. The minimum atomic E-state index is -0.731. The van der Waals surface area contributed by atoms with Gasteiger partial charge in [-0.3, -0.25) is 0 Å². The van der Waals surface area contributed by atoms with Crippen molar-refractivity contribution in [2.45, 2.75) is 78.4 Å². The van der Waals surface area contributed by atoms with E-state index >= 15 is 0 Å². The number of rotatable bonds is 5. The lowest BCUT2D eigenvalue weighted by Crippen LogP contribution is -2.42. The molecule has 0 spiro atoms. The molecule has 1 saturated heterocycles. The number of anilines is 1. The van der Waals surface area contributed by atoms with Gasteiger partial charge in [0.1, 0.15) is 22.0 Å². The highest BCUT2D eigenvalue weighted by Gasteiger charge is 2.33. The molecule has 10 nitrogen and oxygen atoms in total. The Morgan fingerprint density at radius 3 is 2.54 bits per heavy atom. The van der Waals surface area contributed by atoms with Crippen molar-refractivity contribution >= 4 is 57.7 Å². The van der Waals surface area contributed by atoms with Crippen LogP contribution in [0.5, 0.6) is 0 Å². The Bertz CT molecular complexity index is 1200. The summed E-state index contributed by atoms with van der Waals surface area (Å²) in [5, 5.41) is 4.78. The van der Waals surface area contributed by atoms with Crippen molar-refractivity contribution in [1.29, 1.82) is 0 Å². The fraction of sp³-hybridized carbons (Fsp3) is 0.560. The van der Waals surface area contributed by atoms with E-state index < -0.39 is 17.3 Å². The summed E-state index contributed by atoms with van der Waals surface area (Å²) in [6, 6.07) is 1.81. The summed E-state index contributed by atoms with van der Waals surface area (Å²) in [6.45, 7) is 17.9. The van der Waals surface area contributed by atoms with Crippen LogP contribution in [0.2, 0.25) is 0 Å². The number of ether oxygens (including phenoxy) is 2. The molecule has 37 heavy (non-hydrogen) atoms. The van der Waals surface area contributed by atoms with Gasteiger partial charge >= 0.3 is 12.2 Å². The highest BCUT2D eigenvalue weighted by atomic mass is 79.9. The summed E-state index contributed by atoms with van der Waals surface area (Å²) < 4.78 is 17.7. The second kappa shape index (κ2) is 11.4. The van der Waals surface area contributed by atoms with Crippen LogP contribution >= 0.6 is 27.9 Å². The van der Waals surface area contributed by atoms with Gasteiger partial charge in [-0.1, -0.05) is 6.58 Å². The van der Waals surface area contributed by atoms with Gasteiger partial charge in [-0.25, -0.2) is 23.9 Å². The van der Waals surface area contributed by atoms with Crippen LogP contribution in [0, 0.1) is 0 Å². The monoisotopic (exact) mass is 594 g/mol. The standard InChI is InChI=1S/C25H35BrN6O4S/c1-9-28-37-16(2)31(23(34)36-25(6,7)8)20-13-19(29-21-18(26)14-27-32(20)21)17-11-10-12-30(15-17)22(33)35-24(3,4)5/h9,13-14,17H,2,10-12,15H2,1,3-8H3/b28-9+. The van der Waals surface area contributed by atoms with Crippen molar-refractivity contribution in [3.63, 3.8) is 0 Å². The molecule has 1 aliphatic heterocycles. The quantitative estimate of drug-likeness (QED) is 0.285. The number of carbonyl (C=O) groups excluding carboxylic acids is 2. The summed E-state index contributed by atoms with van der Waals surface area (Å²) in [5.41, 5.74) is -0.0517. The molecule has 0 N–H and O–H groups in total. The topological polar surface area (TPSA) is 102 Å². The Balaban J connectivity index is 2.06. The van der Waals surface area contributed by atoms with Gasteiger partial charge in [-0.15, -0.1) is 0 Å². The number of halogens is 1. The molecule has 0 aliphatic carbocycles. The number of piperidine rings is 1. The van der Waals surface area contributed by atoms with Crippen LogP contribution in [-0.4, -0.2) is 62.2 Å². The summed E-state index contributed by atoms with van der Waals surface area (Å²) in [5.74, 6) is 0.347. The summed E-state index contributed by atoms with van der Waals surface area (Å²) in [7, 11) is 0. The van der Waals surface area contributed by atoms with E-state index in [0.29, 0.717) is 34.1 Å². The molecule has 12 heteroatoms. The van der Waals surface area contributed by atoms with Gasteiger partial charge in [0.2, 0.25) is 0 Å². The van der Waals surface area contributed by atoms with Crippen LogP contribution in [0.15, 0.2) is 32.7 Å². The van der Waals surface area contributed by atoms with Gasteiger partial charge in [0.15, 0.2) is 5.65 Å². The van der Waals surface area contributed by atoms with Crippen LogP contribution in [0.4, 0.5) is 15.4 Å². The number of hydrogen-bond acceptors (Lipinski definition) is 8. The molecule has 0 aromatic carbocycles. The number of fused-ring (bicyclic) bond motifs is 1. The van der Waals surface area contributed by atoms with Crippen molar-refractivity contribution < 1.29 is 19.1 Å². The highest BCUT2D eigenvalue weighted by Crippen LogP contribution is 2.34. The molecule has 3 heterocycles. The molecule has 0 bridgehead atoms. The first-order chi connectivity index (χ1) is 17.2. The zero-order valence-corrected chi connectivity index (χ0v) is 24.8. The lowest BCUT2D eigenvalue weighted by molar-refractivity contribution is 0.0197. The van der Waals surface area contributed by atoms with Crippen molar-refractivity contribution in [3.8, 4) is 0 Å². The van der Waals surface area contributed by atoms with E-state index in [-0.39, 0.29) is 12.0 Å². The predicted octanol–water partition coefficient (Wildman–Crippen LogP) is 6.56. The average Bonchev–Trinajstić information content (AvgIpc) is 3.16. The SMILES string of the molecule is C=C(S/N=C/C)N(C(=O)OC(C)(C)C)c1cc(C2CCCN(C(=O)OC(C)(C)C)C2)nc2c(Br)cnn12. The van der Waals surface area contributed by atoms with Crippen molar-refractivity contribution in [1.82, 2.24) is 19.5 Å². The molecular weight excluding hydrogens is 560 g/mol. The molecule has 1 aliphatic rings. The third kappa shape index (κ3) is 7.47. The Morgan fingerprint density at radius 2 is 1.92 bits per heavy atom. The zero-order chi connectivity index (χ0) is 27.5. The van der Waals surface area contributed by atoms with Crippen molar-refractivity contribution in [2.24, 2.45) is 4.40 Å². The predicted molar refractivity (Wildman–Crippen MR) is 150 cm³/mol. The first-order valence-electron chi connectivity index (χ1n) is 12.1. The van der Waals surface area contributed by atoms with E-state index in [1.807, 2.05) is 20.8 Å². The van der Waals surface area contributed by atoms with Crippen LogP contribution in [0.3, 0.4) is 0 Å². The number of hydrogen-bond donors (Lipinski definition) is 0. The lowest BCUT2D eigenvalue weighted by atomic mass is 9.94. The highest BCUT2D eigenvalue weighted by molar-refractivity contribution is 9.10. The third-order valence-electron chi connectivity index (χ3n) is 5.24. The zero-order valence-electron chi connectivity index (χ0n) is 22.4. The Hall–Kier alpha value is -2.60. The molecule has 202 valence electrons. The molecule has 0 radical (unpaired) electrons. The van der Waals surface area contributed by atoms with Gasteiger partial charge in [-0.05, 0) is 77.2 Å². The normalized spacial score (nSPS) is 16.8. The molecule has 1 fully saturated rings. The maximum Gasteiger partial charge on any atom is 0.421 e. The fourth-order valence-electron chi connectivity index (χ4n) is 3.80. The minimum Gasteiger partial charge on any atom is -0.444 e. The smallest absolute Gasteiger partial charge is 0.421 e. The molecule has 0 saturated carbocycles. The van der Waals surface area contributed by atoms with E-state index in [2.05, 4.69) is 32.0 Å². The Labute approximate surface area is 230 Å². The molecule has 2 aromatic heterocycles. The van der Waals surface area contributed by atoms with Crippen LogP contribution < -0.4 is 4.90 Å². The number of amides is 2. The third-order valence-corrected chi connectivity index (χ3v) is 6.51. The Kier molecular flexibility index (Phi) is 8.94. The summed E-state index contributed by atoms with van der Waals surface area (Å²) >= 11 is 4.58. The largest absolute Gasteiger partial charge is 0.444 e. The first kappa shape index (κ1) is 29.0. The number of nitrogens with zero attached hydrogens (tertiary/aromatic N) is 6. The number of aromatic nitrogens is 3. The van der Waals surface area contributed by atoms with E-state index in [0.717, 1.165) is 30.5 Å². The molecular formula is C25H35BrN6O4S. The average molecular weight is 596 g/mol. The fourth-order valence-corrected chi connectivity index (χ4v) is 4.63. The van der Waals surface area contributed by atoms with Crippen LogP contribution in [-0.2, 0) is 9.47 Å². The Morgan fingerprint density at radius 1 is 1.24 bits per heavy atom. The van der Waals surface area contributed by atoms with Gasteiger partial charge in [0.25, 0.3) is 0 Å². The molecule has 2 aromatic rings. The summed E-state index contributed by atoms with van der Waals surface area (Å²) in [4.78, 5) is 34.1. The van der Waals surface area contributed by atoms with Gasteiger partial charge in [0, 0.05) is 43.2 Å². The summed E-state index contributed by atoms with van der Waals surface area (Å²) in [6.07, 6.45) is 3.92. The molecule has 1 atom stereocenters. The number of likely N-dealkylation sites (tertiary alicyclic amines) is 1. The number of carbonyl (C=O) groups is 2. The van der Waals surface area contributed by atoms with Crippen LogP contribution in [0.25, 0.3) is 5.65 Å². The van der Waals surface area contributed by atoms with Gasteiger partial charge in [0.05, 0.1) is 16.4 Å². The molecule has 2 amide bonds. The van der Waals surface area contributed by atoms with Gasteiger partial charge < -0.3 is 14.4 Å². The first-order valence-corrected chi connectivity index (χ1v) is 13.7. The minimum absolute atomic E-state index is 0.0677. The maximum atomic E-state index is 13.4. The second-order valence-corrected chi connectivity index (χ2v) is 12.4. The van der Waals surface area contributed by atoms with E-state index in [1.165, 1.54) is 4.90 Å². The van der Waals surface area contributed by atoms with E-state index in [4.69, 9.17) is 14.5 Å². The maximum absolute atomic E-state index is 13.4.